The van der Waals surface area contributed by atoms with Gasteiger partial charge in [-0.3, -0.25) is 23.4 Å². The Morgan fingerprint density at radius 3 is 1.99 bits per heavy atom. The molecule has 0 aliphatic carbocycles. The van der Waals surface area contributed by atoms with Crippen LogP contribution in [0.1, 0.15) is 178 Å². The lowest BCUT2D eigenvalue weighted by Gasteiger charge is -2.23. The first kappa shape index (κ1) is 63.0. The SMILES string of the molecule is CCCCC/C=C\C\C=C/C=C/C=C/[C@@H](SC[C@H](N)C(=O)O[C@H](COC(=O)CCCCCCCCCCCCc1oc(CCCCC)c(C)c1C)COP(=O)(O)OCCN)[C@@H](O)CCCC(=O)O. The number of carbonyl (C=O) groups is 3. The number of aliphatic carboxylic acids is 1. The van der Waals surface area contributed by atoms with Crippen molar-refractivity contribution in [3.05, 3.63) is 71.3 Å². The molecular weight excluding hydrogens is 908 g/mol. The Labute approximate surface area is 413 Å². The van der Waals surface area contributed by atoms with Crippen molar-refractivity contribution >= 4 is 37.5 Å². The lowest BCUT2D eigenvalue weighted by Crippen LogP contribution is -2.40. The van der Waals surface area contributed by atoms with Gasteiger partial charge in [0.05, 0.1) is 19.3 Å². The predicted octanol–water partition coefficient (Wildman–Crippen LogP) is 11.3. The fourth-order valence-corrected chi connectivity index (χ4v) is 9.07. The van der Waals surface area contributed by atoms with Crippen molar-refractivity contribution in [2.75, 3.05) is 32.1 Å². The topological polar surface area (TPSA) is 231 Å². The van der Waals surface area contributed by atoms with E-state index >= 15 is 0 Å². The molecule has 0 fully saturated rings. The Morgan fingerprint density at radius 2 is 1.35 bits per heavy atom. The van der Waals surface area contributed by atoms with E-state index in [-0.39, 0.29) is 44.6 Å². The standard InChI is InChI=1S/C52H89N2O12PS/c1-5-7-9-10-11-12-13-14-18-21-24-28-34-49(46(55)31-30-35-50(56)57)68-41-45(54)52(59)65-44(40-64-67(60,61)63-38-37-53)39-62-51(58)36-29-25-22-19-16-15-17-20-23-27-33-48-43(4)42(3)47(66-48)32-26-8-6-2/h11-12,14,18,21,24,28,34,44-46,49,55H,5-10,13,15-17,19-20,22-23,25-27,29-33,35-41,53-54H2,1-4H3,(H,56,57)(H,60,61)/b12-11-,18-14-,24-21+,34-28+/t44-,45+,46+,49-/m1/s1. The van der Waals surface area contributed by atoms with Crippen molar-refractivity contribution in [2.45, 2.75) is 205 Å². The molecular formula is C52H89N2O12PS. The number of furan rings is 1. The number of esters is 2. The summed E-state index contributed by atoms with van der Waals surface area (Å²) < 4.78 is 39.3. The van der Waals surface area contributed by atoms with E-state index in [1.54, 1.807) is 12.2 Å². The molecule has 390 valence electrons. The average molecular weight is 997 g/mol. The van der Waals surface area contributed by atoms with Crippen LogP contribution in [0.4, 0.5) is 0 Å². The van der Waals surface area contributed by atoms with Crippen LogP contribution >= 0.6 is 19.6 Å². The van der Waals surface area contributed by atoms with Crippen LogP contribution in [0.5, 0.6) is 0 Å². The Bertz CT molecular complexity index is 1660. The molecule has 1 heterocycles. The van der Waals surface area contributed by atoms with Gasteiger partial charge in [0.15, 0.2) is 6.10 Å². The first-order valence-corrected chi connectivity index (χ1v) is 28.0. The minimum absolute atomic E-state index is 0.00943. The van der Waals surface area contributed by atoms with Crippen LogP contribution in [0, 0.1) is 13.8 Å². The van der Waals surface area contributed by atoms with Gasteiger partial charge in [-0.05, 0) is 76.3 Å². The van der Waals surface area contributed by atoms with E-state index in [4.69, 9.17) is 39.5 Å². The van der Waals surface area contributed by atoms with Gasteiger partial charge >= 0.3 is 25.7 Å². The fourth-order valence-electron chi connectivity index (χ4n) is 7.18. The number of unbranched alkanes of at least 4 members (excludes halogenated alkanes) is 14. The summed E-state index contributed by atoms with van der Waals surface area (Å²) in [5.74, 6) is -0.00510. The molecule has 5 atom stereocenters. The van der Waals surface area contributed by atoms with Crippen molar-refractivity contribution in [2.24, 2.45) is 11.5 Å². The fraction of sp³-hybridized carbons (Fsp3) is 0.712. The Hall–Kier alpha value is -3.01. The second-order valence-electron chi connectivity index (χ2n) is 17.5. The van der Waals surface area contributed by atoms with Gasteiger partial charge in [0.2, 0.25) is 0 Å². The van der Waals surface area contributed by atoms with Gasteiger partial charge in [-0.25, -0.2) is 4.57 Å². The van der Waals surface area contributed by atoms with E-state index in [2.05, 4.69) is 39.8 Å². The van der Waals surface area contributed by atoms with E-state index in [1.807, 2.05) is 24.3 Å². The minimum Gasteiger partial charge on any atom is -0.481 e. The van der Waals surface area contributed by atoms with Gasteiger partial charge in [-0.15, -0.1) is 11.8 Å². The second kappa shape index (κ2) is 40.7. The molecule has 0 saturated carbocycles. The molecule has 0 amide bonds. The highest BCUT2D eigenvalue weighted by Crippen LogP contribution is 2.43. The number of ether oxygens (including phenoxy) is 2. The number of rotatable bonds is 44. The van der Waals surface area contributed by atoms with Gasteiger partial charge in [0.25, 0.3) is 0 Å². The molecule has 1 aromatic rings. The number of carbonyl (C=O) groups excluding carboxylic acids is 2. The minimum atomic E-state index is -4.55. The molecule has 7 N–H and O–H groups in total. The monoisotopic (exact) mass is 997 g/mol. The van der Waals surface area contributed by atoms with Crippen molar-refractivity contribution in [1.29, 1.82) is 0 Å². The van der Waals surface area contributed by atoms with E-state index in [0.717, 1.165) is 63.5 Å². The summed E-state index contributed by atoms with van der Waals surface area (Å²) in [6.45, 7) is 7.44. The number of phosphoric ester groups is 1. The molecule has 14 nitrogen and oxygen atoms in total. The van der Waals surface area contributed by atoms with Crippen LogP contribution in [0.25, 0.3) is 0 Å². The summed E-state index contributed by atoms with van der Waals surface area (Å²) in [7, 11) is -4.55. The Balaban J connectivity index is 2.59. The number of carboxylic acid groups (broad SMARTS) is 1. The van der Waals surface area contributed by atoms with Gasteiger partial charge in [0.1, 0.15) is 24.2 Å². The number of nitrogens with two attached hydrogens (primary N) is 2. The molecule has 1 rings (SSSR count). The average Bonchev–Trinajstić information content (AvgIpc) is 3.58. The molecule has 0 saturated heterocycles. The van der Waals surface area contributed by atoms with Crippen LogP contribution in [0.2, 0.25) is 0 Å². The number of aliphatic hydroxyl groups excluding tert-OH is 1. The number of aliphatic hydroxyl groups is 1. The van der Waals surface area contributed by atoms with E-state index in [0.29, 0.717) is 6.42 Å². The largest absolute Gasteiger partial charge is 0.481 e. The number of hydrogen-bond donors (Lipinski definition) is 5. The number of thioether (sulfide) groups is 1. The summed E-state index contributed by atoms with van der Waals surface area (Å²) in [6.07, 6.45) is 35.7. The molecule has 0 spiro atoms. The summed E-state index contributed by atoms with van der Waals surface area (Å²) in [5, 5.41) is 19.5. The zero-order valence-electron chi connectivity index (χ0n) is 42.0. The number of allylic oxidation sites excluding steroid dienone is 7. The van der Waals surface area contributed by atoms with E-state index in [1.165, 1.54) is 92.9 Å². The first-order valence-electron chi connectivity index (χ1n) is 25.4. The Morgan fingerprint density at radius 1 is 0.750 bits per heavy atom. The van der Waals surface area contributed by atoms with Gasteiger partial charge in [-0.1, -0.05) is 140 Å². The van der Waals surface area contributed by atoms with Crippen LogP contribution in [-0.2, 0) is 50.3 Å². The van der Waals surface area contributed by atoms with E-state index in [9.17, 15) is 28.9 Å². The van der Waals surface area contributed by atoms with Crippen molar-refractivity contribution in [3.8, 4) is 0 Å². The molecule has 68 heavy (non-hydrogen) atoms. The predicted molar refractivity (Wildman–Crippen MR) is 275 cm³/mol. The van der Waals surface area contributed by atoms with Crippen LogP contribution < -0.4 is 11.5 Å². The van der Waals surface area contributed by atoms with Crippen LogP contribution in [0.15, 0.2) is 53.0 Å². The number of phosphoric acid groups is 1. The summed E-state index contributed by atoms with van der Waals surface area (Å²) in [4.78, 5) is 47.0. The highest BCUT2D eigenvalue weighted by atomic mass is 32.2. The molecule has 0 aromatic carbocycles. The third-order valence-electron chi connectivity index (χ3n) is 11.4. The van der Waals surface area contributed by atoms with Gasteiger partial charge in [0, 0.05) is 43.2 Å². The normalized spacial score (nSPS) is 14.8. The number of carboxylic acids is 1. The lowest BCUT2D eigenvalue weighted by atomic mass is 10.0. The lowest BCUT2D eigenvalue weighted by molar-refractivity contribution is -0.161. The zero-order valence-corrected chi connectivity index (χ0v) is 43.7. The van der Waals surface area contributed by atoms with Gasteiger partial charge in [-0.2, -0.15) is 0 Å². The highest BCUT2D eigenvalue weighted by molar-refractivity contribution is 8.00. The second-order valence-corrected chi connectivity index (χ2v) is 20.1. The van der Waals surface area contributed by atoms with Gasteiger partial charge < -0.3 is 40.5 Å². The van der Waals surface area contributed by atoms with Crippen molar-refractivity contribution in [3.63, 3.8) is 0 Å². The third kappa shape index (κ3) is 32.7. The molecule has 0 aliphatic heterocycles. The number of aryl methyl sites for hydroxylation is 2. The van der Waals surface area contributed by atoms with Crippen molar-refractivity contribution < 1.29 is 57.0 Å². The molecule has 16 heteroatoms. The first-order chi connectivity index (χ1) is 32.7. The maximum atomic E-state index is 13.2. The highest BCUT2D eigenvalue weighted by Gasteiger charge is 2.28. The molecule has 0 aliphatic rings. The maximum absolute atomic E-state index is 13.2. The Kier molecular flexibility index (Phi) is 37.7. The molecule has 0 bridgehead atoms. The quantitative estimate of drug-likeness (QED) is 0.0135. The van der Waals surface area contributed by atoms with E-state index < -0.39 is 62.4 Å². The number of hydrogen-bond acceptors (Lipinski definition) is 13. The molecule has 1 aromatic heterocycles. The van der Waals surface area contributed by atoms with Crippen molar-refractivity contribution in [1.82, 2.24) is 0 Å². The van der Waals surface area contributed by atoms with Crippen LogP contribution in [-0.4, -0.2) is 88.6 Å². The maximum Gasteiger partial charge on any atom is 0.472 e. The smallest absolute Gasteiger partial charge is 0.472 e. The molecule has 0 radical (unpaired) electrons. The summed E-state index contributed by atoms with van der Waals surface area (Å²) in [6, 6.07) is -1.20. The van der Waals surface area contributed by atoms with Crippen LogP contribution in [0.3, 0.4) is 0 Å². The third-order valence-corrected chi connectivity index (χ3v) is 13.8. The summed E-state index contributed by atoms with van der Waals surface area (Å²) in [5.41, 5.74) is 14.2. The zero-order chi connectivity index (χ0) is 50.3. The molecule has 1 unspecified atom stereocenters. The summed E-state index contributed by atoms with van der Waals surface area (Å²) >= 11 is 1.20.